The smallest absolute Gasteiger partial charge is 0.339 e. The van der Waals surface area contributed by atoms with Crippen LogP contribution in [0.1, 0.15) is 23.1 Å². The van der Waals surface area contributed by atoms with E-state index in [0.717, 1.165) is 21.9 Å². The van der Waals surface area contributed by atoms with Gasteiger partial charge in [-0.15, -0.1) is 0 Å². The highest BCUT2D eigenvalue weighted by molar-refractivity contribution is 5.96. The van der Waals surface area contributed by atoms with E-state index < -0.39 is 11.7 Å². The molecular weight excluding hydrogens is 350 g/mol. The average Bonchev–Trinajstić information content (AvgIpc) is 2.99. The Hall–Kier alpha value is -2.64. The van der Waals surface area contributed by atoms with Gasteiger partial charge in [-0.1, -0.05) is 0 Å². The molecule has 0 spiro atoms. The monoisotopic (exact) mass is 373 g/mol. The number of rotatable bonds is 7. The van der Waals surface area contributed by atoms with Gasteiger partial charge in [0.1, 0.15) is 11.2 Å². The zero-order chi connectivity index (χ0) is 19.6. The number of furan rings is 1. The number of amides is 1. The first kappa shape index (κ1) is 19.1. The van der Waals surface area contributed by atoms with Crippen molar-refractivity contribution >= 4 is 27.8 Å². The third-order valence-corrected chi connectivity index (χ3v) is 4.67. The van der Waals surface area contributed by atoms with E-state index in [9.17, 15) is 14.7 Å². The van der Waals surface area contributed by atoms with Crippen LogP contribution in [0.25, 0.3) is 21.9 Å². The summed E-state index contributed by atoms with van der Waals surface area (Å²) in [5.41, 5.74) is 2.98. The number of carbonyl (C=O) groups excluding carboxylic acids is 1. The first-order chi connectivity index (χ1) is 12.9. The molecule has 0 radical (unpaired) electrons. The lowest BCUT2D eigenvalue weighted by Gasteiger charge is -2.11. The van der Waals surface area contributed by atoms with E-state index in [1.54, 1.807) is 12.3 Å². The van der Waals surface area contributed by atoms with Crippen molar-refractivity contribution in [2.45, 2.75) is 32.8 Å². The van der Waals surface area contributed by atoms with Crippen molar-refractivity contribution in [1.29, 1.82) is 0 Å². The van der Waals surface area contributed by atoms with E-state index in [2.05, 4.69) is 5.32 Å². The molecule has 0 unspecified atom stereocenters. The minimum atomic E-state index is -0.757. The Balaban J connectivity index is 1.80. The third kappa shape index (κ3) is 4.04. The Bertz CT molecular complexity index is 1030. The zero-order valence-electron chi connectivity index (χ0n) is 15.6. The SMILES string of the molecule is COC[C@@H](O)CNC(=O)CCc1c(C)c2cc3c(C)coc3cc2oc1=O. The maximum Gasteiger partial charge on any atom is 0.339 e. The largest absolute Gasteiger partial charge is 0.464 e. The van der Waals surface area contributed by atoms with Crippen LogP contribution in [0.15, 0.2) is 32.0 Å². The number of aliphatic hydroxyl groups excluding tert-OH is 1. The maximum absolute atomic E-state index is 12.4. The highest BCUT2D eigenvalue weighted by Gasteiger charge is 2.15. The van der Waals surface area contributed by atoms with Crippen molar-refractivity contribution in [2.24, 2.45) is 0 Å². The van der Waals surface area contributed by atoms with Gasteiger partial charge >= 0.3 is 5.63 Å². The highest BCUT2D eigenvalue weighted by atomic mass is 16.5. The minimum absolute atomic E-state index is 0.107. The van der Waals surface area contributed by atoms with Crippen LogP contribution in [-0.2, 0) is 16.0 Å². The van der Waals surface area contributed by atoms with Crippen molar-refractivity contribution in [1.82, 2.24) is 5.32 Å². The van der Waals surface area contributed by atoms with Crippen LogP contribution < -0.4 is 10.9 Å². The maximum atomic E-state index is 12.4. The van der Waals surface area contributed by atoms with Crippen molar-refractivity contribution in [3.8, 4) is 0 Å². The molecule has 0 saturated carbocycles. The molecule has 27 heavy (non-hydrogen) atoms. The number of methoxy groups -OCH3 is 1. The van der Waals surface area contributed by atoms with Crippen LogP contribution in [-0.4, -0.2) is 37.4 Å². The van der Waals surface area contributed by atoms with Crippen LogP contribution in [0.3, 0.4) is 0 Å². The van der Waals surface area contributed by atoms with E-state index in [4.69, 9.17) is 13.6 Å². The number of carbonyl (C=O) groups is 1. The van der Waals surface area contributed by atoms with Crippen molar-refractivity contribution in [3.05, 3.63) is 45.5 Å². The fourth-order valence-electron chi connectivity index (χ4n) is 3.14. The molecule has 1 aromatic carbocycles. The second kappa shape index (κ2) is 7.94. The molecule has 0 aliphatic carbocycles. The lowest BCUT2D eigenvalue weighted by molar-refractivity contribution is -0.121. The van der Waals surface area contributed by atoms with E-state index >= 15 is 0 Å². The summed E-state index contributed by atoms with van der Waals surface area (Å²) in [5.74, 6) is -0.245. The van der Waals surface area contributed by atoms with Gasteiger partial charge < -0.3 is 24.0 Å². The van der Waals surface area contributed by atoms with Crippen molar-refractivity contribution < 1.29 is 23.5 Å². The molecule has 3 aromatic rings. The number of hydrogen-bond acceptors (Lipinski definition) is 6. The van der Waals surface area contributed by atoms with Crippen molar-refractivity contribution in [3.63, 3.8) is 0 Å². The van der Waals surface area contributed by atoms with Gasteiger partial charge in [-0.25, -0.2) is 4.79 Å². The number of benzene rings is 1. The number of hydrogen-bond donors (Lipinski definition) is 2. The number of fused-ring (bicyclic) bond motifs is 2. The fourth-order valence-corrected chi connectivity index (χ4v) is 3.14. The second-order valence-corrected chi connectivity index (χ2v) is 6.67. The summed E-state index contributed by atoms with van der Waals surface area (Å²) in [6, 6.07) is 3.67. The Labute approximate surface area is 155 Å². The zero-order valence-corrected chi connectivity index (χ0v) is 15.6. The molecule has 0 aliphatic rings. The third-order valence-electron chi connectivity index (χ3n) is 4.67. The molecule has 0 aliphatic heterocycles. The summed E-state index contributed by atoms with van der Waals surface area (Å²) in [5, 5.41) is 14.0. The van der Waals surface area contributed by atoms with Crippen LogP contribution in [0, 0.1) is 13.8 Å². The summed E-state index contributed by atoms with van der Waals surface area (Å²) in [7, 11) is 1.48. The molecule has 3 rings (SSSR count). The van der Waals surface area contributed by atoms with Crippen LogP contribution in [0.4, 0.5) is 0 Å². The normalized spacial score (nSPS) is 12.6. The van der Waals surface area contributed by atoms with E-state index in [-0.39, 0.29) is 31.9 Å². The molecular formula is C20H23NO6. The van der Waals surface area contributed by atoms with E-state index in [0.29, 0.717) is 16.7 Å². The topological polar surface area (TPSA) is 102 Å². The van der Waals surface area contributed by atoms with Gasteiger partial charge in [-0.2, -0.15) is 0 Å². The van der Waals surface area contributed by atoms with E-state index in [1.807, 2.05) is 19.9 Å². The molecule has 144 valence electrons. The van der Waals surface area contributed by atoms with Crippen LogP contribution in [0.5, 0.6) is 0 Å². The summed E-state index contributed by atoms with van der Waals surface area (Å²) in [6.45, 7) is 4.07. The molecule has 1 amide bonds. The average molecular weight is 373 g/mol. The Morgan fingerprint density at radius 1 is 1.26 bits per heavy atom. The molecule has 2 heterocycles. The second-order valence-electron chi connectivity index (χ2n) is 6.67. The molecule has 1 atom stereocenters. The predicted molar refractivity (Wildman–Crippen MR) is 101 cm³/mol. The van der Waals surface area contributed by atoms with Gasteiger partial charge in [-0.3, -0.25) is 4.79 Å². The van der Waals surface area contributed by atoms with Gasteiger partial charge in [0.25, 0.3) is 0 Å². The highest BCUT2D eigenvalue weighted by Crippen LogP contribution is 2.28. The van der Waals surface area contributed by atoms with Gasteiger partial charge in [0.05, 0.1) is 19.0 Å². The predicted octanol–water partition coefficient (Wildman–Crippen LogP) is 2.21. The van der Waals surface area contributed by atoms with Crippen LogP contribution in [0.2, 0.25) is 0 Å². The molecule has 7 nitrogen and oxygen atoms in total. The molecule has 0 bridgehead atoms. The Kier molecular flexibility index (Phi) is 5.62. The summed E-state index contributed by atoms with van der Waals surface area (Å²) in [6.07, 6.45) is 1.30. The standard InChI is InChI=1S/C20H23NO6/c1-11-9-26-17-7-18-16(6-15(11)17)12(2)14(20(24)27-18)4-5-19(23)21-8-13(22)10-25-3/h6-7,9,13,22H,4-5,8,10H2,1-3H3,(H,21,23)/t13-/m0/s1. The number of nitrogens with one attached hydrogen (secondary N) is 1. The minimum Gasteiger partial charge on any atom is -0.464 e. The molecule has 2 N–H and O–H groups in total. The Morgan fingerprint density at radius 3 is 2.78 bits per heavy atom. The summed E-state index contributed by atoms with van der Waals surface area (Å²) in [4.78, 5) is 24.4. The lowest BCUT2D eigenvalue weighted by Crippen LogP contribution is -2.34. The van der Waals surface area contributed by atoms with E-state index in [1.165, 1.54) is 7.11 Å². The van der Waals surface area contributed by atoms with Gasteiger partial charge in [-0.05, 0) is 37.5 Å². The van der Waals surface area contributed by atoms with Crippen molar-refractivity contribution in [2.75, 3.05) is 20.3 Å². The van der Waals surface area contributed by atoms with Crippen LogP contribution >= 0.6 is 0 Å². The molecule has 2 aromatic heterocycles. The van der Waals surface area contributed by atoms with Gasteiger partial charge in [0.2, 0.25) is 5.91 Å². The number of aryl methyl sites for hydroxylation is 2. The fraction of sp³-hybridized carbons (Fsp3) is 0.400. The molecule has 7 heteroatoms. The quantitative estimate of drug-likeness (QED) is 0.616. The lowest BCUT2D eigenvalue weighted by atomic mass is 10.0. The summed E-state index contributed by atoms with van der Waals surface area (Å²) < 4.78 is 15.7. The first-order valence-corrected chi connectivity index (χ1v) is 8.78. The van der Waals surface area contributed by atoms with Gasteiger partial charge in [0.15, 0.2) is 0 Å². The molecule has 0 fully saturated rings. The number of aliphatic hydroxyl groups is 1. The first-order valence-electron chi connectivity index (χ1n) is 8.78. The molecule has 0 saturated heterocycles. The number of ether oxygens (including phenoxy) is 1. The summed E-state index contributed by atoms with van der Waals surface area (Å²) >= 11 is 0. The Morgan fingerprint density at radius 2 is 2.04 bits per heavy atom. The van der Waals surface area contributed by atoms with Gasteiger partial charge in [0, 0.05) is 42.5 Å².